The van der Waals surface area contributed by atoms with Crippen LogP contribution in [-0.2, 0) is 11.2 Å². The molecule has 2 rings (SSSR count). The Morgan fingerprint density at radius 3 is 2.50 bits per heavy atom. The molecule has 1 aromatic carbocycles. The van der Waals surface area contributed by atoms with Gasteiger partial charge in [0.05, 0.1) is 12.2 Å². The molecule has 0 radical (unpaired) electrons. The van der Waals surface area contributed by atoms with E-state index >= 15 is 0 Å². The highest BCUT2D eigenvalue weighted by atomic mass is 19.1. The third-order valence-corrected chi connectivity index (χ3v) is 2.75. The Balaban J connectivity index is 2.38. The van der Waals surface area contributed by atoms with Crippen LogP contribution in [0.15, 0.2) is 24.8 Å². The molecule has 5 nitrogen and oxygen atoms in total. The van der Waals surface area contributed by atoms with Crippen LogP contribution in [0, 0.1) is 5.82 Å². The minimum atomic E-state index is -0.385. The molecule has 0 amide bonds. The van der Waals surface area contributed by atoms with Crippen LogP contribution in [0.25, 0.3) is 17.1 Å². The SMILES string of the molecule is C=C(OCC)c1nnc(-c2c(F)cccc2CC)nn1. The van der Waals surface area contributed by atoms with Crippen molar-refractivity contribution in [1.29, 1.82) is 0 Å². The number of hydrogen-bond acceptors (Lipinski definition) is 5. The molecule has 0 atom stereocenters. The van der Waals surface area contributed by atoms with Crippen LogP contribution >= 0.6 is 0 Å². The van der Waals surface area contributed by atoms with Crippen LogP contribution in [-0.4, -0.2) is 27.0 Å². The molecule has 0 aliphatic heterocycles. The van der Waals surface area contributed by atoms with Crippen LogP contribution in [0.3, 0.4) is 0 Å². The molecule has 0 saturated heterocycles. The summed E-state index contributed by atoms with van der Waals surface area (Å²) in [7, 11) is 0. The predicted octanol–water partition coefficient (Wildman–Crippen LogP) is 2.64. The second-order valence-electron chi connectivity index (χ2n) is 4.03. The average molecular weight is 274 g/mol. The van der Waals surface area contributed by atoms with Crippen molar-refractivity contribution in [3.63, 3.8) is 0 Å². The van der Waals surface area contributed by atoms with Crippen molar-refractivity contribution < 1.29 is 9.13 Å². The summed E-state index contributed by atoms with van der Waals surface area (Å²) < 4.78 is 19.1. The largest absolute Gasteiger partial charge is 0.490 e. The second kappa shape index (κ2) is 6.18. The monoisotopic (exact) mass is 274 g/mol. The van der Waals surface area contributed by atoms with Gasteiger partial charge < -0.3 is 4.74 Å². The smallest absolute Gasteiger partial charge is 0.237 e. The van der Waals surface area contributed by atoms with Gasteiger partial charge in [0, 0.05) is 0 Å². The van der Waals surface area contributed by atoms with E-state index in [-0.39, 0.29) is 17.5 Å². The molecule has 2 aromatic rings. The molecule has 6 heteroatoms. The van der Waals surface area contributed by atoms with Crippen molar-refractivity contribution in [2.75, 3.05) is 6.61 Å². The maximum Gasteiger partial charge on any atom is 0.237 e. The van der Waals surface area contributed by atoms with Gasteiger partial charge >= 0.3 is 0 Å². The van der Waals surface area contributed by atoms with Crippen LogP contribution in [0.2, 0.25) is 0 Å². The molecule has 104 valence electrons. The Kier molecular flexibility index (Phi) is 4.34. The van der Waals surface area contributed by atoms with E-state index in [1.54, 1.807) is 6.07 Å². The van der Waals surface area contributed by atoms with Crippen molar-refractivity contribution in [1.82, 2.24) is 20.4 Å². The minimum absolute atomic E-state index is 0.160. The number of rotatable bonds is 5. The zero-order chi connectivity index (χ0) is 14.5. The van der Waals surface area contributed by atoms with Gasteiger partial charge in [0.2, 0.25) is 11.6 Å². The number of ether oxygens (including phenoxy) is 1. The van der Waals surface area contributed by atoms with E-state index in [2.05, 4.69) is 27.0 Å². The Hall–Kier alpha value is -2.37. The van der Waals surface area contributed by atoms with Gasteiger partial charge in [0.1, 0.15) is 5.82 Å². The lowest BCUT2D eigenvalue weighted by Gasteiger charge is -2.07. The fourth-order valence-corrected chi connectivity index (χ4v) is 1.79. The van der Waals surface area contributed by atoms with E-state index in [1.807, 2.05) is 19.9 Å². The van der Waals surface area contributed by atoms with Crippen molar-refractivity contribution in [2.24, 2.45) is 0 Å². The summed E-state index contributed by atoms with van der Waals surface area (Å²) in [5, 5.41) is 15.6. The zero-order valence-electron chi connectivity index (χ0n) is 11.4. The first-order chi connectivity index (χ1) is 9.67. The predicted molar refractivity (Wildman–Crippen MR) is 73.1 cm³/mol. The molecule has 0 bridgehead atoms. The van der Waals surface area contributed by atoms with Gasteiger partial charge in [0.15, 0.2) is 5.76 Å². The number of aryl methyl sites for hydroxylation is 1. The van der Waals surface area contributed by atoms with Gasteiger partial charge in [-0.25, -0.2) is 4.39 Å². The normalized spacial score (nSPS) is 10.3. The minimum Gasteiger partial charge on any atom is -0.490 e. The Morgan fingerprint density at radius 1 is 1.20 bits per heavy atom. The molecule has 0 fully saturated rings. The quantitative estimate of drug-likeness (QED) is 0.784. The molecule has 0 N–H and O–H groups in total. The summed E-state index contributed by atoms with van der Waals surface area (Å²) in [6.07, 6.45) is 0.670. The lowest BCUT2D eigenvalue weighted by molar-refractivity contribution is 0.295. The number of halogens is 1. The van der Waals surface area contributed by atoms with Gasteiger partial charge in [-0.1, -0.05) is 25.6 Å². The Bertz CT molecular complexity index is 613. The first-order valence-electron chi connectivity index (χ1n) is 6.34. The summed E-state index contributed by atoms with van der Waals surface area (Å²) in [6.45, 7) is 7.88. The van der Waals surface area contributed by atoms with Crippen molar-refractivity contribution >= 4 is 5.76 Å². The zero-order valence-corrected chi connectivity index (χ0v) is 11.4. The maximum atomic E-state index is 13.9. The number of aromatic nitrogens is 4. The van der Waals surface area contributed by atoms with Gasteiger partial charge in [0.25, 0.3) is 0 Å². The van der Waals surface area contributed by atoms with Crippen LogP contribution < -0.4 is 0 Å². The van der Waals surface area contributed by atoms with Crippen molar-refractivity contribution in [3.8, 4) is 11.4 Å². The molecule has 0 saturated carbocycles. The lowest BCUT2D eigenvalue weighted by Crippen LogP contribution is -2.05. The highest BCUT2D eigenvalue weighted by Crippen LogP contribution is 2.23. The summed E-state index contributed by atoms with van der Waals surface area (Å²) in [4.78, 5) is 0. The van der Waals surface area contributed by atoms with Gasteiger partial charge in [-0.2, -0.15) is 0 Å². The van der Waals surface area contributed by atoms with E-state index in [4.69, 9.17) is 4.74 Å². The molecule has 0 aliphatic carbocycles. The molecule has 0 aliphatic rings. The topological polar surface area (TPSA) is 60.8 Å². The van der Waals surface area contributed by atoms with Crippen molar-refractivity contribution in [2.45, 2.75) is 20.3 Å². The Morgan fingerprint density at radius 2 is 1.90 bits per heavy atom. The van der Waals surface area contributed by atoms with Crippen LogP contribution in [0.4, 0.5) is 4.39 Å². The molecular weight excluding hydrogens is 259 g/mol. The van der Waals surface area contributed by atoms with Crippen molar-refractivity contribution in [3.05, 3.63) is 42.0 Å². The van der Waals surface area contributed by atoms with Crippen LogP contribution in [0.5, 0.6) is 0 Å². The van der Waals surface area contributed by atoms with E-state index < -0.39 is 0 Å². The van der Waals surface area contributed by atoms with E-state index in [0.717, 1.165) is 5.56 Å². The third kappa shape index (κ3) is 2.79. The average Bonchev–Trinajstić information content (AvgIpc) is 2.47. The first-order valence-corrected chi connectivity index (χ1v) is 6.34. The first kappa shape index (κ1) is 14.0. The maximum absolute atomic E-state index is 13.9. The molecule has 20 heavy (non-hydrogen) atoms. The molecule has 0 unspecified atom stereocenters. The lowest BCUT2D eigenvalue weighted by atomic mass is 10.0. The summed E-state index contributed by atoms with van der Waals surface area (Å²) in [6, 6.07) is 4.85. The van der Waals surface area contributed by atoms with E-state index in [0.29, 0.717) is 24.4 Å². The summed E-state index contributed by atoms with van der Waals surface area (Å²) >= 11 is 0. The van der Waals surface area contributed by atoms with Gasteiger partial charge in [-0.15, -0.1) is 20.4 Å². The van der Waals surface area contributed by atoms with E-state index in [9.17, 15) is 4.39 Å². The number of hydrogen-bond donors (Lipinski definition) is 0. The highest BCUT2D eigenvalue weighted by Gasteiger charge is 2.14. The molecular formula is C14H15FN4O. The highest BCUT2D eigenvalue weighted by molar-refractivity contribution is 5.60. The Labute approximate surface area is 116 Å². The number of benzene rings is 1. The molecule has 1 aromatic heterocycles. The fraction of sp³-hybridized carbons (Fsp3) is 0.286. The third-order valence-electron chi connectivity index (χ3n) is 2.75. The number of nitrogens with zero attached hydrogens (tertiary/aromatic N) is 4. The second-order valence-corrected chi connectivity index (χ2v) is 4.03. The standard InChI is InChI=1S/C14H15FN4O/c1-4-10-7-6-8-11(15)12(10)14-18-16-13(17-19-14)9(3)20-5-2/h6-8H,3-5H2,1-2H3. The molecule has 1 heterocycles. The summed E-state index contributed by atoms with van der Waals surface area (Å²) in [5.41, 5.74) is 1.15. The molecule has 0 spiro atoms. The van der Waals surface area contributed by atoms with Gasteiger partial charge in [-0.3, -0.25) is 0 Å². The van der Waals surface area contributed by atoms with Crippen LogP contribution in [0.1, 0.15) is 25.2 Å². The summed E-state index contributed by atoms with van der Waals surface area (Å²) in [5.74, 6) is 0.269. The van der Waals surface area contributed by atoms with E-state index in [1.165, 1.54) is 6.07 Å². The fourth-order valence-electron chi connectivity index (χ4n) is 1.79. The van der Waals surface area contributed by atoms with Gasteiger partial charge in [-0.05, 0) is 25.0 Å².